The average Bonchev–Trinajstić information content (AvgIpc) is 3.08. The maximum atomic E-state index is 11.2. The van der Waals surface area contributed by atoms with Gasteiger partial charge in [0.1, 0.15) is 9.75 Å². The first-order valence-electron chi connectivity index (χ1n) is 7.64. The highest BCUT2D eigenvalue weighted by atomic mass is 32.1. The number of carboxylic acid groups (broad SMARTS) is 2. The molecule has 2 aromatic rings. The molecule has 0 atom stereocenters. The van der Waals surface area contributed by atoms with E-state index in [-0.39, 0.29) is 0 Å². The molecular weight excluding hydrogens is 344 g/mol. The van der Waals surface area contributed by atoms with Gasteiger partial charge in [0.15, 0.2) is 0 Å². The van der Waals surface area contributed by atoms with Gasteiger partial charge in [-0.2, -0.15) is 0 Å². The van der Waals surface area contributed by atoms with Gasteiger partial charge in [-0.1, -0.05) is 13.3 Å². The van der Waals surface area contributed by atoms with Crippen LogP contribution in [0.3, 0.4) is 0 Å². The van der Waals surface area contributed by atoms with E-state index in [2.05, 4.69) is 6.92 Å². The fourth-order valence-electron chi connectivity index (χ4n) is 2.78. The largest absolute Gasteiger partial charge is 0.477 e. The van der Waals surface area contributed by atoms with Gasteiger partial charge in [-0.3, -0.25) is 0 Å². The molecule has 0 unspecified atom stereocenters. The number of carboxylic acids is 2. The van der Waals surface area contributed by atoms with Gasteiger partial charge in [0.05, 0.1) is 0 Å². The molecule has 0 saturated carbocycles. The maximum Gasteiger partial charge on any atom is 0.345 e. The van der Waals surface area contributed by atoms with Crippen LogP contribution in [0.4, 0.5) is 0 Å². The molecule has 2 rings (SSSR count). The summed E-state index contributed by atoms with van der Waals surface area (Å²) >= 11 is 2.55. The van der Waals surface area contributed by atoms with Gasteiger partial charge >= 0.3 is 11.9 Å². The Balaban J connectivity index is 2.62. The minimum atomic E-state index is -0.918. The molecule has 0 saturated heterocycles. The SMILES string of the molecule is CCC/C(=C(\C)c1cc(C(=O)O)sc1C)c1cc(C(=O)O)sc1C. The predicted octanol–water partition coefficient (Wildman–Crippen LogP) is 5.55. The molecule has 4 nitrogen and oxygen atoms in total. The molecule has 2 heterocycles. The van der Waals surface area contributed by atoms with Crippen LogP contribution in [0.1, 0.15) is 66.9 Å². The number of hydrogen-bond acceptors (Lipinski definition) is 4. The second-order valence-electron chi connectivity index (χ2n) is 5.62. The van der Waals surface area contributed by atoms with E-state index in [1.165, 1.54) is 22.7 Å². The molecule has 0 aliphatic heterocycles. The van der Waals surface area contributed by atoms with Crippen molar-refractivity contribution in [3.8, 4) is 0 Å². The molecule has 2 N–H and O–H groups in total. The number of thiophene rings is 2. The van der Waals surface area contributed by atoms with Crippen LogP contribution in [-0.2, 0) is 0 Å². The first-order valence-corrected chi connectivity index (χ1v) is 9.27. The summed E-state index contributed by atoms with van der Waals surface area (Å²) in [6, 6.07) is 3.45. The summed E-state index contributed by atoms with van der Waals surface area (Å²) in [4.78, 5) is 25.1. The highest BCUT2D eigenvalue weighted by Crippen LogP contribution is 2.38. The normalized spacial score (nSPS) is 12.2. The van der Waals surface area contributed by atoms with Gasteiger partial charge in [0, 0.05) is 9.75 Å². The summed E-state index contributed by atoms with van der Waals surface area (Å²) < 4.78 is 0. The van der Waals surface area contributed by atoms with Gasteiger partial charge in [0.2, 0.25) is 0 Å². The van der Waals surface area contributed by atoms with E-state index in [0.29, 0.717) is 9.75 Å². The van der Waals surface area contributed by atoms with Crippen molar-refractivity contribution in [2.24, 2.45) is 0 Å². The van der Waals surface area contributed by atoms with Crippen LogP contribution < -0.4 is 0 Å². The third-order valence-electron chi connectivity index (χ3n) is 3.94. The zero-order valence-electron chi connectivity index (χ0n) is 14.1. The highest BCUT2D eigenvalue weighted by Gasteiger charge is 2.19. The zero-order valence-corrected chi connectivity index (χ0v) is 15.7. The van der Waals surface area contributed by atoms with Crippen LogP contribution in [-0.4, -0.2) is 22.2 Å². The molecule has 24 heavy (non-hydrogen) atoms. The molecule has 6 heteroatoms. The van der Waals surface area contributed by atoms with Crippen molar-refractivity contribution < 1.29 is 19.8 Å². The highest BCUT2D eigenvalue weighted by molar-refractivity contribution is 7.14. The van der Waals surface area contributed by atoms with Crippen LogP contribution in [0.2, 0.25) is 0 Å². The Morgan fingerprint density at radius 1 is 0.958 bits per heavy atom. The average molecular weight is 364 g/mol. The van der Waals surface area contributed by atoms with E-state index in [9.17, 15) is 19.8 Å². The lowest BCUT2D eigenvalue weighted by Gasteiger charge is -2.12. The number of aryl methyl sites for hydroxylation is 2. The summed E-state index contributed by atoms with van der Waals surface area (Å²) in [6.07, 6.45) is 1.75. The van der Waals surface area contributed by atoms with Crippen molar-refractivity contribution in [1.29, 1.82) is 0 Å². The second kappa shape index (κ2) is 7.32. The Hall–Kier alpha value is -1.92. The minimum absolute atomic E-state index is 0.325. The van der Waals surface area contributed by atoms with E-state index in [0.717, 1.165) is 44.9 Å². The Labute approximate surface area is 149 Å². The topological polar surface area (TPSA) is 74.6 Å². The summed E-state index contributed by atoms with van der Waals surface area (Å²) in [6.45, 7) is 7.92. The number of rotatable bonds is 6. The van der Waals surface area contributed by atoms with E-state index in [1.807, 2.05) is 20.8 Å². The molecular formula is C18H20O4S2. The zero-order chi connectivity index (χ0) is 18.0. The van der Waals surface area contributed by atoms with Gasteiger partial charge in [-0.15, -0.1) is 22.7 Å². The molecule has 0 aliphatic carbocycles. The van der Waals surface area contributed by atoms with Crippen molar-refractivity contribution in [2.75, 3.05) is 0 Å². The molecule has 0 fully saturated rings. The summed E-state index contributed by atoms with van der Waals surface area (Å²) in [5, 5.41) is 18.4. The molecule has 0 bridgehead atoms. The second-order valence-corrected chi connectivity index (χ2v) is 8.14. The van der Waals surface area contributed by atoms with E-state index in [1.54, 1.807) is 12.1 Å². The Kier molecular flexibility index (Phi) is 5.62. The fraction of sp³-hybridized carbons (Fsp3) is 0.333. The lowest BCUT2D eigenvalue weighted by molar-refractivity contribution is 0.0691. The molecule has 0 amide bonds. The van der Waals surface area contributed by atoms with Crippen LogP contribution >= 0.6 is 22.7 Å². The lowest BCUT2D eigenvalue weighted by Crippen LogP contribution is -1.93. The number of aromatic carboxylic acids is 2. The summed E-state index contributed by atoms with van der Waals surface area (Å²) in [7, 11) is 0. The van der Waals surface area contributed by atoms with Gasteiger partial charge in [-0.05, 0) is 61.6 Å². The van der Waals surface area contributed by atoms with Crippen molar-refractivity contribution in [3.63, 3.8) is 0 Å². The van der Waals surface area contributed by atoms with Gasteiger partial charge in [-0.25, -0.2) is 9.59 Å². The van der Waals surface area contributed by atoms with Crippen LogP contribution in [0.5, 0.6) is 0 Å². The van der Waals surface area contributed by atoms with Crippen LogP contribution in [0.15, 0.2) is 12.1 Å². The van der Waals surface area contributed by atoms with Crippen molar-refractivity contribution in [1.82, 2.24) is 0 Å². The minimum Gasteiger partial charge on any atom is -0.477 e. The third-order valence-corrected chi connectivity index (χ3v) is 6.02. The van der Waals surface area contributed by atoms with Crippen molar-refractivity contribution in [2.45, 2.75) is 40.5 Å². The lowest BCUT2D eigenvalue weighted by atomic mass is 9.93. The molecule has 0 aromatic carbocycles. The maximum absolute atomic E-state index is 11.2. The van der Waals surface area contributed by atoms with Crippen molar-refractivity contribution >= 4 is 45.8 Å². The first-order chi connectivity index (χ1) is 11.3. The van der Waals surface area contributed by atoms with E-state index in [4.69, 9.17) is 0 Å². The smallest absolute Gasteiger partial charge is 0.345 e. The Morgan fingerprint density at radius 3 is 1.83 bits per heavy atom. The number of allylic oxidation sites excluding steroid dienone is 2. The third kappa shape index (κ3) is 3.60. The summed E-state index contributed by atoms with van der Waals surface area (Å²) in [5.41, 5.74) is 4.01. The number of carbonyl (C=O) groups is 2. The first kappa shape index (κ1) is 18.4. The van der Waals surface area contributed by atoms with E-state index >= 15 is 0 Å². The van der Waals surface area contributed by atoms with Crippen LogP contribution in [0.25, 0.3) is 11.1 Å². The van der Waals surface area contributed by atoms with Gasteiger partial charge < -0.3 is 10.2 Å². The molecule has 128 valence electrons. The predicted molar refractivity (Wildman–Crippen MR) is 99.4 cm³/mol. The summed E-state index contributed by atoms with van der Waals surface area (Å²) in [5.74, 6) is -1.83. The van der Waals surface area contributed by atoms with Gasteiger partial charge in [0.25, 0.3) is 0 Å². The monoisotopic (exact) mass is 364 g/mol. The molecule has 0 aliphatic rings. The Morgan fingerprint density at radius 2 is 1.42 bits per heavy atom. The van der Waals surface area contributed by atoms with E-state index < -0.39 is 11.9 Å². The Bertz CT molecular complexity index is 824. The molecule has 0 spiro atoms. The fourth-order valence-corrected chi connectivity index (χ4v) is 4.59. The number of hydrogen-bond donors (Lipinski definition) is 2. The van der Waals surface area contributed by atoms with Crippen LogP contribution in [0, 0.1) is 13.8 Å². The van der Waals surface area contributed by atoms with Crippen molar-refractivity contribution in [3.05, 3.63) is 42.8 Å². The standard InChI is InChI=1S/C18H20O4S2/c1-5-6-12(14-8-16(18(21)22)24-11(14)4)9(2)13-7-15(17(19)20)23-10(13)3/h7-8H,5-6H2,1-4H3,(H,19,20)(H,21,22)/b12-9-. The quantitative estimate of drug-likeness (QED) is 0.704. The molecule has 2 aromatic heterocycles. The molecule has 0 radical (unpaired) electrons.